The van der Waals surface area contributed by atoms with Crippen molar-refractivity contribution in [3.8, 4) is 11.8 Å². The van der Waals surface area contributed by atoms with Crippen molar-refractivity contribution in [3.63, 3.8) is 0 Å². The number of fused-ring (bicyclic) bond motifs is 1. The van der Waals surface area contributed by atoms with Gasteiger partial charge in [-0.1, -0.05) is 19.2 Å². The highest BCUT2D eigenvalue weighted by Crippen LogP contribution is 2.33. The SMILES string of the molecule is COc1nc(NCCCN2CCOCC2)nc(OC)c1NC(=O)c1ccc(Cc2cc3c(cc2C)[S+](C)CC[Si]3(C)C)o1. The van der Waals surface area contributed by atoms with E-state index in [1.165, 1.54) is 37.1 Å². The van der Waals surface area contributed by atoms with E-state index in [2.05, 4.69) is 63.9 Å². The van der Waals surface area contributed by atoms with Crippen molar-refractivity contribution in [2.24, 2.45) is 0 Å². The number of morpholine rings is 1. The van der Waals surface area contributed by atoms with Gasteiger partial charge in [-0.05, 0) is 60.4 Å². The molecule has 10 nitrogen and oxygen atoms in total. The normalized spacial score (nSPS) is 18.1. The van der Waals surface area contributed by atoms with E-state index in [1.807, 2.05) is 6.07 Å². The van der Waals surface area contributed by atoms with Gasteiger partial charge in [0.2, 0.25) is 17.7 Å². The summed E-state index contributed by atoms with van der Waals surface area (Å²) in [5, 5.41) is 7.64. The molecule has 43 heavy (non-hydrogen) atoms. The first-order chi connectivity index (χ1) is 20.7. The molecule has 4 heterocycles. The van der Waals surface area contributed by atoms with Crippen molar-refractivity contribution in [3.05, 3.63) is 46.9 Å². The van der Waals surface area contributed by atoms with Gasteiger partial charge in [0.25, 0.3) is 5.91 Å². The Bertz CT molecular complexity index is 1420. The first-order valence-electron chi connectivity index (χ1n) is 14.9. The molecule has 1 aromatic carbocycles. The predicted octanol–water partition coefficient (Wildman–Crippen LogP) is 3.91. The molecule has 3 aromatic rings. The zero-order chi connectivity index (χ0) is 30.6. The van der Waals surface area contributed by atoms with Crippen molar-refractivity contribution < 1.29 is 23.4 Å². The number of nitrogens with one attached hydrogen (secondary N) is 2. The largest absolute Gasteiger partial charge is 0.479 e. The van der Waals surface area contributed by atoms with Gasteiger partial charge in [-0.3, -0.25) is 9.69 Å². The number of furan rings is 1. The van der Waals surface area contributed by atoms with E-state index >= 15 is 0 Å². The highest BCUT2D eigenvalue weighted by molar-refractivity contribution is 7.96. The smallest absolute Gasteiger partial charge is 0.291 e. The van der Waals surface area contributed by atoms with Gasteiger partial charge in [0.05, 0.1) is 35.5 Å². The molecule has 1 atom stereocenters. The lowest BCUT2D eigenvalue weighted by molar-refractivity contribution is 0.0378. The standard InChI is InChI=1S/C31H43N5O5SSi/c1-21-18-25-26(43(5,6)17-16-42(25)4)20-22(21)19-23-8-9-24(41-23)28(37)33-27-29(38-2)34-31(35-30(27)39-3)32-10-7-11-36-12-14-40-15-13-36/h8-9,18,20H,7,10-17,19H2,1-6H3,(H-,32,33,34,35,37)/p+1. The van der Waals surface area contributed by atoms with Crippen LogP contribution in [-0.2, 0) is 22.1 Å². The van der Waals surface area contributed by atoms with Crippen molar-refractivity contribution >= 4 is 41.7 Å². The van der Waals surface area contributed by atoms with Crippen molar-refractivity contribution in [2.75, 3.05) is 76.3 Å². The van der Waals surface area contributed by atoms with Gasteiger partial charge < -0.3 is 29.3 Å². The average Bonchev–Trinajstić information content (AvgIpc) is 3.48. The van der Waals surface area contributed by atoms with Crippen LogP contribution in [0, 0.1) is 6.92 Å². The van der Waals surface area contributed by atoms with E-state index < -0.39 is 14.0 Å². The Kier molecular flexibility index (Phi) is 10.00. The van der Waals surface area contributed by atoms with E-state index in [4.69, 9.17) is 18.6 Å². The number of amides is 1. The molecule has 1 fully saturated rings. The Labute approximate surface area is 258 Å². The fourth-order valence-corrected chi connectivity index (χ4v) is 12.8. The Morgan fingerprint density at radius 3 is 2.53 bits per heavy atom. The number of anilines is 2. The van der Waals surface area contributed by atoms with E-state index in [0.717, 1.165) is 45.0 Å². The van der Waals surface area contributed by atoms with Gasteiger partial charge >= 0.3 is 0 Å². The van der Waals surface area contributed by atoms with Crippen LogP contribution in [0.4, 0.5) is 11.6 Å². The maximum Gasteiger partial charge on any atom is 0.291 e. The highest BCUT2D eigenvalue weighted by Gasteiger charge is 2.39. The molecule has 2 aliphatic rings. The summed E-state index contributed by atoms with van der Waals surface area (Å²) in [4.78, 5) is 26.1. The lowest BCUT2D eigenvalue weighted by atomic mass is 10.0. The first kappa shape index (κ1) is 31.4. The van der Waals surface area contributed by atoms with Crippen LogP contribution in [0.5, 0.6) is 11.8 Å². The molecule has 0 bridgehead atoms. The zero-order valence-corrected chi connectivity index (χ0v) is 28.0. The van der Waals surface area contributed by atoms with Crippen LogP contribution in [0.3, 0.4) is 0 Å². The minimum absolute atomic E-state index is 0.199. The lowest BCUT2D eigenvalue weighted by Gasteiger charge is -2.29. The zero-order valence-electron chi connectivity index (χ0n) is 26.2. The van der Waals surface area contributed by atoms with Crippen molar-refractivity contribution in [1.29, 1.82) is 0 Å². The van der Waals surface area contributed by atoms with Crippen LogP contribution in [-0.4, -0.2) is 94.5 Å². The number of benzene rings is 1. The Morgan fingerprint density at radius 2 is 1.84 bits per heavy atom. The number of ether oxygens (including phenoxy) is 3. The predicted molar refractivity (Wildman–Crippen MR) is 174 cm³/mol. The summed E-state index contributed by atoms with van der Waals surface area (Å²) in [6, 6.07) is 9.70. The number of methoxy groups -OCH3 is 2. The van der Waals surface area contributed by atoms with E-state index in [-0.39, 0.29) is 23.2 Å². The monoisotopic (exact) mass is 626 g/mol. The molecule has 2 aromatic heterocycles. The summed E-state index contributed by atoms with van der Waals surface area (Å²) < 4.78 is 22.4. The number of aryl methyl sites for hydroxylation is 1. The number of nitrogens with zero attached hydrogens (tertiary/aromatic N) is 3. The number of rotatable bonds is 11. The fraction of sp³-hybridized carbons (Fsp3) is 0.516. The number of hydrogen-bond acceptors (Lipinski definition) is 9. The minimum atomic E-state index is -1.45. The molecule has 2 aliphatic heterocycles. The molecule has 5 rings (SSSR count). The third kappa shape index (κ3) is 7.36. The Morgan fingerprint density at radius 1 is 1.12 bits per heavy atom. The molecule has 2 N–H and O–H groups in total. The number of carbonyl (C=O) groups excluding carboxylic acids is 1. The van der Waals surface area contributed by atoms with Crippen LogP contribution in [0.15, 0.2) is 33.6 Å². The van der Waals surface area contributed by atoms with E-state index in [1.54, 1.807) is 16.1 Å². The lowest BCUT2D eigenvalue weighted by Crippen LogP contribution is -2.49. The van der Waals surface area contributed by atoms with Crippen LogP contribution in [0.25, 0.3) is 0 Å². The van der Waals surface area contributed by atoms with Gasteiger partial charge in [-0.25, -0.2) is 0 Å². The molecule has 0 saturated carbocycles. The molecular formula is C31H44N5O5SSi+. The molecular weight excluding hydrogens is 583 g/mol. The summed E-state index contributed by atoms with van der Waals surface area (Å²) in [6.45, 7) is 12.2. The molecule has 12 heteroatoms. The van der Waals surface area contributed by atoms with Gasteiger partial charge in [0.15, 0.2) is 16.3 Å². The second-order valence-electron chi connectivity index (χ2n) is 11.8. The quantitative estimate of drug-likeness (QED) is 0.186. The van der Waals surface area contributed by atoms with Crippen LogP contribution < -0.4 is 25.3 Å². The molecule has 1 amide bonds. The van der Waals surface area contributed by atoms with Crippen molar-refractivity contribution in [1.82, 2.24) is 14.9 Å². The first-order valence-corrected chi connectivity index (χ1v) is 19.9. The van der Waals surface area contributed by atoms with Crippen LogP contribution >= 0.6 is 0 Å². The summed E-state index contributed by atoms with van der Waals surface area (Å²) in [5.41, 5.74) is 2.78. The maximum atomic E-state index is 13.2. The molecule has 0 aliphatic carbocycles. The Balaban J connectivity index is 1.25. The summed E-state index contributed by atoms with van der Waals surface area (Å²) in [6.07, 6.45) is 3.93. The van der Waals surface area contributed by atoms with Gasteiger partial charge in [-0.15, -0.1) is 0 Å². The van der Waals surface area contributed by atoms with E-state index in [0.29, 0.717) is 29.8 Å². The van der Waals surface area contributed by atoms with E-state index in [9.17, 15) is 4.79 Å². The summed E-state index contributed by atoms with van der Waals surface area (Å²) in [7, 11) is 1.85. The average molecular weight is 627 g/mol. The molecule has 232 valence electrons. The molecule has 1 unspecified atom stereocenters. The van der Waals surface area contributed by atoms with Crippen molar-refractivity contribution in [2.45, 2.75) is 43.8 Å². The van der Waals surface area contributed by atoms with Gasteiger partial charge in [0, 0.05) is 37.0 Å². The summed E-state index contributed by atoms with van der Waals surface area (Å²) >= 11 is 0. The third-order valence-corrected chi connectivity index (χ3v) is 14.2. The topological polar surface area (TPSA) is 111 Å². The number of hydrogen-bond donors (Lipinski definition) is 2. The number of aromatic nitrogens is 2. The molecule has 0 radical (unpaired) electrons. The summed E-state index contributed by atoms with van der Waals surface area (Å²) in [5.74, 6) is 2.59. The van der Waals surface area contributed by atoms with Crippen LogP contribution in [0.1, 0.15) is 33.9 Å². The number of carbonyl (C=O) groups is 1. The fourth-order valence-electron chi connectivity index (χ4n) is 5.57. The van der Waals surface area contributed by atoms with Gasteiger partial charge in [0.1, 0.15) is 17.8 Å². The second-order valence-corrected chi connectivity index (χ2v) is 18.8. The third-order valence-electron chi connectivity index (χ3n) is 8.33. The maximum absolute atomic E-state index is 13.2. The molecule has 1 saturated heterocycles. The van der Waals surface area contributed by atoms with Crippen LogP contribution in [0.2, 0.25) is 19.1 Å². The minimum Gasteiger partial charge on any atom is -0.479 e. The Hall–Kier alpha value is -3.06. The van der Waals surface area contributed by atoms with Gasteiger partial charge in [-0.2, -0.15) is 9.97 Å². The molecule has 0 spiro atoms. The second kappa shape index (κ2) is 13.7. The highest BCUT2D eigenvalue weighted by atomic mass is 32.2.